The number of hydrogen-bond donors (Lipinski definition) is 1. The first-order valence-electron chi connectivity index (χ1n) is 8.46. The molecule has 1 aliphatic rings. The molecule has 1 saturated heterocycles. The van der Waals surface area contributed by atoms with Crippen LogP contribution in [0.1, 0.15) is 40.5 Å². The van der Waals surface area contributed by atoms with Crippen LogP contribution in [0, 0.1) is 12.7 Å². The van der Waals surface area contributed by atoms with Crippen molar-refractivity contribution in [2.45, 2.75) is 25.7 Å². The number of hydrogen-bond acceptors (Lipinski definition) is 3. The van der Waals surface area contributed by atoms with Gasteiger partial charge in [-0.15, -0.1) is 0 Å². The number of fused-ring (bicyclic) bond motifs is 1. The zero-order chi connectivity index (χ0) is 17.4. The predicted octanol–water partition coefficient (Wildman–Crippen LogP) is 3.43. The molecular weight excluding hydrogens is 319 g/mol. The molecule has 1 amide bonds. The molecule has 0 aliphatic carbocycles. The van der Waals surface area contributed by atoms with Gasteiger partial charge >= 0.3 is 0 Å². The van der Waals surface area contributed by atoms with E-state index in [1.807, 2.05) is 11.8 Å². The van der Waals surface area contributed by atoms with Gasteiger partial charge in [0.25, 0.3) is 5.91 Å². The SMILES string of the molecule is Cc1c(C(=O)N2CCCC(c3cnccn3)C2)[nH]c2ccc(F)cc12. The molecule has 0 radical (unpaired) electrons. The molecule has 1 aliphatic heterocycles. The van der Waals surface area contributed by atoms with Crippen molar-refractivity contribution in [2.24, 2.45) is 0 Å². The molecule has 2 aromatic heterocycles. The van der Waals surface area contributed by atoms with Gasteiger partial charge in [0.1, 0.15) is 11.5 Å². The Morgan fingerprint density at radius 2 is 2.24 bits per heavy atom. The minimum Gasteiger partial charge on any atom is -0.350 e. The minimum atomic E-state index is -0.297. The summed E-state index contributed by atoms with van der Waals surface area (Å²) in [6.45, 7) is 3.20. The molecule has 25 heavy (non-hydrogen) atoms. The number of halogens is 1. The summed E-state index contributed by atoms with van der Waals surface area (Å²) < 4.78 is 13.5. The first kappa shape index (κ1) is 15.7. The molecule has 128 valence electrons. The lowest BCUT2D eigenvalue weighted by Crippen LogP contribution is -2.39. The second-order valence-corrected chi connectivity index (χ2v) is 6.54. The molecule has 0 bridgehead atoms. The maximum Gasteiger partial charge on any atom is 0.270 e. The van der Waals surface area contributed by atoms with E-state index < -0.39 is 0 Å². The average molecular weight is 338 g/mol. The number of amides is 1. The molecule has 1 unspecified atom stereocenters. The number of aromatic nitrogens is 3. The molecule has 1 aromatic carbocycles. The molecule has 3 aromatic rings. The molecule has 1 fully saturated rings. The van der Waals surface area contributed by atoms with E-state index >= 15 is 0 Å². The second kappa shape index (κ2) is 6.27. The summed E-state index contributed by atoms with van der Waals surface area (Å²) in [5, 5.41) is 0.755. The zero-order valence-corrected chi connectivity index (χ0v) is 14.0. The van der Waals surface area contributed by atoms with Crippen LogP contribution < -0.4 is 0 Å². The van der Waals surface area contributed by atoms with Gasteiger partial charge in [0.15, 0.2) is 0 Å². The third-order valence-corrected chi connectivity index (χ3v) is 4.94. The van der Waals surface area contributed by atoms with E-state index in [0.717, 1.165) is 41.5 Å². The molecule has 3 heterocycles. The summed E-state index contributed by atoms with van der Waals surface area (Å²) in [5.41, 5.74) is 3.04. The Labute approximate surface area is 144 Å². The number of rotatable bonds is 2. The van der Waals surface area contributed by atoms with Crippen molar-refractivity contribution in [2.75, 3.05) is 13.1 Å². The molecule has 5 nitrogen and oxygen atoms in total. The largest absolute Gasteiger partial charge is 0.350 e. The van der Waals surface area contributed by atoms with E-state index in [1.54, 1.807) is 24.7 Å². The third-order valence-electron chi connectivity index (χ3n) is 4.94. The second-order valence-electron chi connectivity index (χ2n) is 6.54. The van der Waals surface area contributed by atoms with Crippen LogP contribution in [0.4, 0.5) is 4.39 Å². The van der Waals surface area contributed by atoms with Gasteiger partial charge in [0.05, 0.1) is 5.69 Å². The topological polar surface area (TPSA) is 61.9 Å². The van der Waals surface area contributed by atoms with Crippen LogP contribution in [0.2, 0.25) is 0 Å². The number of nitrogens with one attached hydrogen (secondary N) is 1. The lowest BCUT2D eigenvalue weighted by atomic mass is 9.94. The summed E-state index contributed by atoms with van der Waals surface area (Å²) in [4.78, 5) is 26.5. The van der Waals surface area contributed by atoms with Gasteiger partial charge in [0, 0.05) is 48.5 Å². The number of nitrogens with zero attached hydrogens (tertiary/aromatic N) is 3. The molecule has 4 rings (SSSR count). The van der Waals surface area contributed by atoms with Gasteiger partial charge in [-0.1, -0.05) is 0 Å². The van der Waals surface area contributed by atoms with Crippen LogP contribution in [0.5, 0.6) is 0 Å². The minimum absolute atomic E-state index is 0.0392. The average Bonchev–Trinajstić information content (AvgIpc) is 2.98. The summed E-state index contributed by atoms with van der Waals surface area (Å²) in [5.74, 6) is -0.134. The Balaban J connectivity index is 1.61. The van der Waals surface area contributed by atoms with Crippen molar-refractivity contribution in [1.29, 1.82) is 0 Å². The number of H-pyrrole nitrogens is 1. The van der Waals surface area contributed by atoms with Gasteiger partial charge in [-0.3, -0.25) is 14.8 Å². The standard InChI is InChI=1S/C19H19FN4O/c1-12-15-9-14(20)4-5-16(15)23-18(12)19(25)24-8-2-3-13(11-24)17-10-21-6-7-22-17/h4-7,9-10,13,23H,2-3,8,11H2,1H3. The number of carbonyl (C=O) groups is 1. The first-order valence-corrected chi connectivity index (χ1v) is 8.46. The fourth-order valence-electron chi connectivity index (χ4n) is 3.60. The quantitative estimate of drug-likeness (QED) is 0.779. The van der Waals surface area contributed by atoms with E-state index in [0.29, 0.717) is 12.2 Å². The van der Waals surface area contributed by atoms with Gasteiger partial charge in [-0.05, 0) is 43.5 Å². The van der Waals surface area contributed by atoms with Gasteiger partial charge < -0.3 is 9.88 Å². The molecule has 1 N–H and O–H groups in total. The van der Waals surface area contributed by atoms with Crippen molar-refractivity contribution in [1.82, 2.24) is 19.9 Å². The number of benzene rings is 1. The maximum absolute atomic E-state index is 13.5. The van der Waals surface area contributed by atoms with E-state index in [1.165, 1.54) is 12.1 Å². The summed E-state index contributed by atoms with van der Waals surface area (Å²) in [7, 11) is 0. The summed E-state index contributed by atoms with van der Waals surface area (Å²) in [6.07, 6.45) is 7.05. The van der Waals surface area contributed by atoms with Crippen molar-refractivity contribution < 1.29 is 9.18 Å². The van der Waals surface area contributed by atoms with Crippen molar-refractivity contribution in [3.63, 3.8) is 0 Å². The van der Waals surface area contributed by atoms with Crippen LogP contribution in [0.15, 0.2) is 36.8 Å². The molecule has 1 atom stereocenters. The van der Waals surface area contributed by atoms with Gasteiger partial charge in [-0.2, -0.15) is 0 Å². The Kier molecular flexibility index (Phi) is 3.95. The fourth-order valence-corrected chi connectivity index (χ4v) is 3.60. The summed E-state index contributed by atoms with van der Waals surface area (Å²) in [6, 6.07) is 4.54. The van der Waals surface area contributed by atoms with Crippen LogP contribution in [0.25, 0.3) is 10.9 Å². The van der Waals surface area contributed by atoms with E-state index in [2.05, 4.69) is 15.0 Å². The Morgan fingerprint density at radius 1 is 1.36 bits per heavy atom. The van der Waals surface area contributed by atoms with Crippen LogP contribution in [0.3, 0.4) is 0 Å². The van der Waals surface area contributed by atoms with E-state index in [-0.39, 0.29) is 17.6 Å². The molecule has 6 heteroatoms. The predicted molar refractivity (Wildman–Crippen MR) is 92.9 cm³/mol. The third kappa shape index (κ3) is 2.88. The molecule has 0 saturated carbocycles. The smallest absolute Gasteiger partial charge is 0.270 e. The monoisotopic (exact) mass is 338 g/mol. The highest BCUT2D eigenvalue weighted by Crippen LogP contribution is 2.28. The van der Waals surface area contributed by atoms with Crippen LogP contribution in [-0.4, -0.2) is 38.8 Å². The van der Waals surface area contributed by atoms with Gasteiger partial charge in [-0.25, -0.2) is 4.39 Å². The Morgan fingerprint density at radius 3 is 3.04 bits per heavy atom. The fraction of sp³-hybridized carbons (Fsp3) is 0.316. The number of piperidine rings is 1. The number of carbonyl (C=O) groups excluding carboxylic acids is 1. The molecule has 0 spiro atoms. The Hall–Kier alpha value is -2.76. The highest BCUT2D eigenvalue weighted by molar-refractivity contribution is 6.01. The maximum atomic E-state index is 13.5. The normalized spacial score (nSPS) is 17.8. The van der Waals surface area contributed by atoms with Crippen LogP contribution in [-0.2, 0) is 0 Å². The number of aryl methyl sites for hydroxylation is 1. The lowest BCUT2D eigenvalue weighted by Gasteiger charge is -2.32. The number of likely N-dealkylation sites (tertiary alicyclic amines) is 1. The van der Waals surface area contributed by atoms with Crippen molar-refractivity contribution in [3.05, 3.63) is 59.6 Å². The van der Waals surface area contributed by atoms with Crippen molar-refractivity contribution in [3.8, 4) is 0 Å². The number of aromatic amines is 1. The van der Waals surface area contributed by atoms with Gasteiger partial charge in [0.2, 0.25) is 0 Å². The first-order chi connectivity index (χ1) is 12.1. The highest BCUT2D eigenvalue weighted by Gasteiger charge is 2.28. The Bertz CT molecular complexity index is 922. The zero-order valence-electron chi connectivity index (χ0n) is 14.0. The lowest BCUT2D eigenvalue weighted by molar-refractivity contribution is 0.0700. The highest BCUT2D eigenvalue weighted by atomic mass is 19.1. The summed E-state index contributed by atoms with van der Waals surface area (Å²) >= 11 is 0. The van der Waals surface area contributed by atoms with E-state index in [4.69, 9.17) is 0 Å². The van der Waals surface area contributed by atoms with E-state index in [9.17, 15) is 9.18 Å². The van der Waals surface area contributed by atoms with Crippen molar-refractivity contribution >= 4 is 16.8 Å². The molecular formula is C19H19FN4O. The van der Waals surface area contributed by atoms with Crippen LogP contribution >= 0.6 is 0 Å².